The van der Waals surface area contributed by atoms with Crippen LogP contribution in [-0.4, -0.2) is 36.2 Å². The molecule has 0 radical (unpaired) electrons. The Balaban J connectivity index is 0.000000168. The fraction of sp³-hybridized carbons (Fsp3) is 0.190. The van der Waals surface area contributed by atoms with Gasteiger partial charge in [-0.25, -0.2) is 0 Å². The van der Waals surface area contributed by atoms with Crippen LogP contribution in [0.3, 0.4) is 0 Å². The Labute approximate surface area is 332 Å². The van der Waals surface area contributed by atoms with E-state index in [-0.39, 0.29) is 4.90 Å². The minimum atomic E-state index is -4.05. The van der Waals surface area contributed by atoms with E-state index in [1.54, 1.807) is 23.5 Å². The van der Waals surface area contributed by atoms with E-state index in [2.05, 4.69) is 134 Å². The van der Waals surface area contributed by atoms with Crippen molar-refractivity contribution >= 4 is 73.0 Å². The summed E-state index contributed by atoms with van der Waals surface area (Å²) in [6.45, 7) is 9.63. The minimum absolute atomic E-state index is 0.0513. The van der Waals surface area contributed by atoms with Crippen molar-refractivity contribution < 1.29 is 22.4 Å². The van der Waals surface area contributed by atoms with E-state index in [1.165, 1.54) is 44.1 Å². The number of hydrogen-bond acceptors (Lipinski definition) is 9. The molecule has 276 valence electrons. The Morgan fingerprint density at radius 2 is 1.15 bits per heavy atom. The smallest absolute Gasteiger partial charge is 0.0970 e. The van der Waals surface area contributed by atoms with Crippen molar-refractivity contribution in [1.82, 2.24) is 9.97 Å². The van der Waals surface area contributed by atoms with Gasteiger partial charge in [-0.3, -0.25) is 14.5 Å². The molecule has 4 aromatic carbocycles. The van der Waals surface area contributed by atoms with Gasteiger partial charge in [0.15, 0.2) is 11.5 Å². The number of aromatic nitrogens is 2. The van der Waals surface area contributed by atoms with Gasteiger partial charge in [-0.1, -0.05) is 98.8 Å². The van der Waals surface area contributed by atoms with Crippen molar-refractivity contribution in [2.45, 2.75) is 44.9 Å². The van der Waals surface area contributed by atoms with E-state index in [1.807, 2.05) is 24.5 Å². The Hall–Kier alpha value is -4.22. The number of thiophene rings is 1. The zero-order chi connectivity index (χ0) is 38.7. The van der Waals surface area contributed by atoms with Gasteiger partial charge in [-0.15, -0.1) is 11.3 Å². The van der Waals surface area contributed by atoms with Crippen molar-refractivity contribution in [3.63, 3.8) is 0 Å². The molecule has 7 aromatic rings. The summed E-state index contributed by atoms with van der Waals surface area (Å²) >= 11 is 10.1. The van der Waals surface area contributed by atoms with Crippen LogP contribution in [0.25, 0.3) is 44.1 Å². The Morgan fingerprint density at radius 1 is 0.722 bits per heavy atom. The van der Waals surface area contributed by atoms with Crippen molar-refractivity contribution in [1.29, 1.82) is 0 Å². The standard InChI is InChI=1S/C24H16N2.C10H14O3S.C8H10O2S.PS2/c1-3-7-17(8-4-1)19-13-15-25-23-21(19)11-12-22-20(14-16-26-24(22)23)18-9-5-2-6-10-18;1-3-8(2)9-4-6-10(7-5-9)14(11,12)13;1-5-7-8(6(2)11-5)10-4-3-9-7;2-1-3/h1-16H;4-8H,3H2,1-2H3,(H,11,12,13);3-4H2,1-2H3;/q;;;+1. The van der Waals surface area contributed by atoms with E-state index >= 15 is 0 Å². The van der Waals surface area contributed by atoms with Gasteiger partial charge in [0, 0.05) is 32.9 Å². The molecule has 12 heteroatoms. The summed E-state index contributed by atoms with van der Waals surface area (Å²) in [6.07, 6.45) is 5.34. The molecule has 0 bridgehead atoms. The van der Waals surface area contributed by atoms with Gasteiger partial charge >= 0.3 is 29.7 Å². The normalized spacial score (nSPS) is 12.2. The molecular weight excluding hydrogens is 772 g/mol. The molecular formula is C42H40N2O5PS4+. The quantitative estimate of drug-likeness (QED) is 0.103. The van der Waals surface area contributed by atoms with Crippen LogP contribution in [0.15, 0.2) is 126 Å². The Kier molecular flexibility index (Phi) is 14.7. The minimum Gasteiger partial charge on any atom is -0.254 e. The third-order valence-corrected chi connectivity index (χ3v) is 10.7. The summed E-state index contributed by atoms with van der Waals surface area (Å²) in [4.78, 5) is 11.7. The van der Waals surface area contributed by atoms with Crippen LogP contribution in [-0.2, 0) is 33.7 Å². The summed E-state index contributed by atoms with van der Waals surface area (Å²) in [5, 5.41) is 2.26. The van der Waals surface area contributed by atoms with E-state index in [0.717, 1.165) is 45.3 Å². The number of rotatable bonds is 5. The number of fused-ring (bicyclic) bond motifs is 4. The fourth-order valence-electron chi connectivity index (χ4n) is 6.03. The average molecular weight is 812 g/mol. The monoisotopic (exact) mass is 811 g/mol. The largest absolute Gasteiger partial charge is 0.254 e. The maximum Gasteiger partial charge on any atom is 0.0970 e. The zero-order valence-corrected chi connectivity index (χ0v) is 34.5. The molecule has 1 aliphatic heterocycles. The van der Waals surface area contributed by atoms with Crippen LogP contribution in [0.2, 0.25) is 0 Å². The summed E-state index contributed by atoms with van der Waals surface area (Å²) in [7, 11) is -4.05. The van der Waals surface area contributed by atoms with Gasteiger partial charge in [-0.05, 0) is 78.3 Å². The summed E-state index contributed by atoms with van der Waals surface area (Å²) in [5.74, 6) is 2.32. The van der Waals surface area contributed by atoms with E-state index in [0.29, 0.717) is 25.3 Å². The molecule has 3 aromatic heterocycles. The first kappa shape index (κ1) is 41.0. The molecule has 1 aliphatic rings. The molecule has 8 rings (SSSR count). The second-order valence-corrected chi connectivity index (χ2v) is 17.1. The molecule has 54 heavy (non-hydrogen) atoms. The number of benzene rings is 4. The third kappa shape index (κ3) is 10.1. The number of ether oxygens (including phenoxy) is 2. The first-order valence-electron chi connectivity index (χ1n) is 17.2. The molecule has 1 unspecified atom stereocenters. The molecule has 0 aliphatic carbocycles. The molecule has 0 fully saturated rings. The van der Waals surface area contributed by atoms with Crippen LogP contribution in [0.4, 0.5) is 0 Å². The third-order valence-electron chi connectivity index (χ3n) is 8.88. The van der Waals surface area contributed by atoms with Gasteiger partial charge in [0.05, 0.1) is 15.9 Å². The molecule has 0 saturated carbocycles. The second kappa shape index (κ2) is 19.4. The van der Waals surface area contributed by atoms with Gasteiger partial charge in [0.1, 0.15) is 13.2 Å². The molecule has 1 atom stereocenters. The van der Waals surface area contributed by atoms with Crippen molar-refractivity contribution in [3.05, 3.63) is 137 Å². The van der Waals surface area contributed by atoms with Crippen LogP contribution in [0.5, 0.6) is 11.5 Å². The average Bonchev–Trinajstić information content (AvgIpc) is 3.50. The summed E-state index contributed by atoms with van der Waals surface area (Å²) in [6, 6.07) is 35.7. The van der Waals surface area contributed by atoms with E-state index in [9.17, 15) is 8.42 Å². The topological polar surface area (TPSA) is 98.6 Å². The molecule has 0 amide bonds. The first-order chi connectivity index (χ1) is 26.1. The first-order valence-corrected chi connectivity index (χ1v) is 22.4. The van der Waals surface area contributed by atoms with Crippen LogP contribution in [0.1, 0.15) is 41.5 Å². The van der Waals surface area contributed by atoms with Gasteiger partial charge in [0.25, 0.3) is 10.1 Å². The van der Waals surface area contributed by atoms with Crippen molar-refractivity contribution in [2.24, 2.45) is 0 Å². The fourth-order valence-corrected chi connectivity index (χ4v) is 7.46. The number of nitrogens with zero attached hydrogens (tertiary/aromatic N) is 2. The predicted molar refractivity (Wildman–Crippen MR) is 229 cm³/mol. The summed E-state index contributed by atoms with van der Waals surface area (Å²) < 4.78 is 41.1. The van der Waals surface area contributed by atoms with Crippen molar-refractivity contribution in [2.75, 3.05) is 13.2 Å². The van der Waals surface area contributed by atoms with Crippen LogP contribution in [0, 0.1) is 13.8 Å². The molecule has 7 nitrogen and oxygen atoms in total. The van der Waals surface area contributed by atoms with E-state index < -0.39 is 10.1 Å². The summed E-state index contributed by atoms with van der Waals surface area (Å²) in [5.41, 5.74) is 7.73. The molecule has 1 N–H and O–H groups in total. The van der Waals surface area contributed by atoms with Gasteiger partial charge in [-0.2, -0.15) is 8.42 Å². The SMILES string of the molecule is CCC(C)c1ccc(S(=O)(=O)O)cc1.Cc1sc(C)c2c1OCCO2.S=[P+]=S.c1ccc(-c2ccnc3c2ccc2c(-c4ccccc4)ccnc23)cc1. The maximum atomic E-state index is 10.7. The molecule has 0 spiro atoms. The maximum absolute atomic E-state index is 10.7. The molecule has 0 saturated heterocycles. The van der Waals surface area contributed by atoms with Gasteiger partial charge < -0.3 is 9.47 Å². The number of aryl methyl sites for hydroxylation is 2. The van der Waals surface area contributed by atoms with Gasteiger partial charge in [0.2, 0.25) is 0 Å². The molecule has 4 heterocycles. The van der Waals surface area contributed by atoms with Crippen LogP contribution < -0.4 is 9.47 Å². The second-order valence-electron chi connectivity index (χ2n) is 12.3. The zero-order valence-electron chi connectivity index (χ0n) is 30.3. The number of hydrogen-bond donors (Lipinski definition) is 1. The van der Waals surface area contributed by atoms with Crippen molar-refractivity contribution in [3.8, 4) is 33.8 Å². The Morgan fingerprint density at radius 3 is 1.54 bits per heavy atom. The predicted octanol–water partition coefficient (Wildman–Crippen LogP) is 11.6. The van der Waals surface area contributed by atoms with Crippen LogP contribution >= 0.6 is 17.5 Å². The van der Waals surface area contributed by atoms with E-state index in [4.69, 9.17) is 14.0 Å². The Bertz CT molecular complexity index is 2350. The number of pyridine rings is 2.